The highest BCUT2D eigenvalue weighted by Crippen LogP contribution is 2.29. The largest absolute Gasteiger partial charge is 0.494 e. The van der Waals surface area contributed by atoms with E-state index in [4.69, 9.17) is 21.1 Å². The smallest absolute Gasteiger partial charge is 0.330 e. The molecule has 0 aliphatic heterocycles. The van der Waals surface area contributed by atoms with Crippen LogP contribution < -0.4 is 9.47 Å². The van der Waals surface area contributed by atoms with E-state index in [1.54, 1.807) is 0 Å². The number of halogens is 1. The number of benzene rings is 3. The number of unbranched alkanes of at least 4 members (excludes halogenated alkanes) is 6. The fourth-order valence-electron chi connectivity index (χ4n) is 4.36. The van der Waals surface area contributed by atoms with Crippen LogP contribution in [0, 0.1) is 0 Å². The molecule has 0 radical (unpaired) electrons. The molecule has 2 atom stereocenters. The molecule has 0 spiro atoms. The lowest BCUT2D eigenvalue weighted by Gasteiger charge is -2.20. The number of rotatable bonds is 15. The molecule has 36 heavy (non-hydrogen) atoms. The summed E-state index contributed by atoms with van der Waals surface area (Å²) in [6, 6.07) is 25.5. The summed E-state index contributed by atoms with van der Waals surface area (Å²) in [6.45, 7) is 5.04. The summed E-state index contributed by atoms with van der Waals surface area (Å²) in [6.07, 6.45) is 9.70. The molecule has 0 aliphatic rings. The zero-order chi connectivity index (χ0) is 25.6. The molecule has 2 unspecified atom stereocenters. The lowest BCUT2D eigenvalue weighted by Crippen LogP contribution is -2.27. The molecule has 192 valence electrons. The van der Waals surface area contributed by atoms with Gasteiger partial charge in [-0.2, -0.15) is 0 Å². The molecule has 0 bridgehead atoms. The summed E-state index contributed by atoms with van der Waals surface area (Å²) >= 11 is 6.52. The standard InChI is InChI=1S/C32H39ClO3/c1-3-5-6-7-8-9-13-24-35-28-20-16-25(17-21-28)26-18-22-29(23-19-26)36-32(34)31(33)30(4-2)27-14-11-10-12-15-27/h10-12,14-23,30-31H,3-9,13,24H2,1-2H3. The highest BCUT2D eigenvalue weighted by atomic mass is 35.5. The first-order valence-electron chi connectivity index (χ1n) is 13.4. The Hall–Kier alpha value is -2.78. The number of carbonyl (C=O) groups is 1. The summed E-state index contributed by atoms with van der Waals surface area (Å²) in [5.41, 5.74) is 3.18. The van der Waals surface area contributed by atoms with E-state index in [1.807, 2.05) is 73.7 Å². The first-order chi connectivity index (χ1) is 17.6. The number of carbonyl (C=O) groups excluding carboxylic acids is 1. The van der Waals surface area contributed by atoms with Gasteiger partial charge in [0.25, 0.3) is 0 Å². The van der Waals surface area contributed by atoms with E-state index < -0.39 is 11.3 Å². The van der Waals surface area contributed by atoms with Gasteiger partial charge < -0.3 is 9.47 Å². The number of ether oxygens (including phenoxy) is 2. The van der Waals surface area contributed by atoms with Crippen LogP contribution >= 0.6 is 11.6 Å². The van der Waals surface area contributed by atoms with Crippen LogP contribution in [0.1, 0.15) is 76.7 Å². The molecule has 4 heteroatoms. The molecule has 3 rings (SSSR count). The number of esters is 1. The van der Waals surface area contributed by atoms with Crippen LogP contribution in [0.3, 0.4) is 0 Å². The van der Waals surface area contributed by atoms with Gasteiger partial charge in [0.15, 0.2) is 0 Å². The Bertz CT molecular complexity index is 1020. The summed E-state index contributed by atoms with van der Waals surface area (Å²) in [5.74, 6) is 0.869. The van der Waals surface area contributed by atoms with Gasteiger partial charge in [0.05, 0.1) is 6.61 Å². The minimum absolute atomic E-state index is 0.0915. The number of alkyl halides is 1. The van der Waals surface area contributed by atoms with Gasteiger partial charge in [-0.3, -0.25) is 4.79 Å². The Labute approximate surface area is 221 Å². The molecule has 0 amide bonds. The molecule has 3 nitrogen and oxygen atoms in total. The normalized spacial score (nSPS) is 12.6. The van der Waals surface area contributed by atoms with E-state index in [9.17, 15) is 4.79 Å². The third kappa shape index (κ3) is 8.71. The highest BCUT2D eigenvalue weighted by Gasteiger charge is 2.28. The molecule has 3 aromatic carbocycles. The molecule has 0 heterocycles. The quantitative estimate of drug-likeness (QED) is 0.0891. The van der Waals surface area contributed by atoms with Gasteiger partial charge in [0.1, 0.15) is 16.9 Å². The zero-order valence-corrected chi connectivity index (χ0v) is 22.4. The minimum Gasteiger partial charge on any atom is -0.494 e. The molecule has 0 aromatic heterocycles. The maximum absolute atomic E-state index is 12.7. The van der Waals surface area contributed by atoms with E-state index in [2.05, 4.69) is 19.1 Å². The van der Waals surface area contributed by atoms with Gasteiger partial charge in [0.2, 0.25) is 0 Å². The van der Waals surface area contributed by atoms with Crippen molar-refractivity contribution in [2.75, 3.05) is 6.61 Å². The first-order valence-corrected chi connectivity index (χ1v) is 13.8. The van der Waals surface area contributed by atoms with Crippen molar-refractivity contribution >= 4 is 17.6 Å². The van der Waals surface area contributed by atoms with Gasteiger partial charge >= 0.3 is 5.97 Å². The average Bonchev–Trinajstić information content (AvgIpc) is 2.92. The number of hydrogen-bond donors (Lipinski definition) is 0. The SMILES string of the molecule is CCCCCCCCCOc1ccc(-c2ccc(OC(=O)C(Cl)C(CC)c3ccccc3)cc2)cc1. The lowest BCUT2D eigenvalue weighted by molar-refractivity contribution is -0.134. The van der Waals surface area contributed by atoms with E-state index in [-0.39, 0.29) is 5.92 Å². The van der Waals surface area contributed by atoms with Crippen molar-refractivity contribution in [2.24, 2.45) is 0 Å². The van der Waals surface area contributed by atoms with Crippen molar-refractivity contribution in [1.29, 1.82) is 0 Å². The Morgan fingerprint density at radius 1 is 0.722 bits per heavy atom. The van der Waals surface area contributed by atoms with Crippen LogP contribution in [0.15, 0.2) is 78.9 Å². The predicted molar refractivity (Wildman–Crippen MR) is 150 cm³/mol. The van der Waals surface area contributed by atoms with Gasteiger partial charge in [-0.05, 0) is 53.8 Å². The fraction of sp³-hybridized carbons (Fsp3) is 0.406. The summed E-state index contributed by atoms with van der Waals surface area (Å²) < 4.78 is 11.5. The second-order valence-corrected chi connectivity index (χ2v) is 9.74. The average molecular weight is 507 g/mol. The Morgan fingerprint density at radius 2 is 1.28 bits per heavy atom. The third-order valence-electron chi connectivity index (χ3n) is 6.52. The topological polar surface area (TPSA) is 35.5 Å². The van der Waals surface area contributed by atoms with E-state index in [0.29, 0.717) is 5.75 Å². The van der Waals surface area contributed by atoms with E-state index in [1.165, 1.54) is 38.5 Å². The van der Waals surface area contributed by atoms with Crippen LogP contribution in [0.25, 0.3) is 11.1 Å². The molecule has 0 aliphatic carbocycles. The molecular formula is C32H39ClO3. The molecule has 0 saturated heterocycles. The number of hydrogen-bond acceptors (Lipinski definition) is 3. The molecule has 0 saturated carbocycles. The highest BCUT2D eigenvalue weighted by molar-refractivity contribution is 6.30. The van der Waals surface area contributed by atoms with Gasteiger partial charge in [-0.25, -0.2) is 0 Å². The fourth-order valence-corrected chi connectivity index (χ4v) is 4.72. The Kier molecular flexibility index (Phi) is 11.9. The monoisotopic (exact) mass is 506 g/mol. The van der Waals surface area contributed by atoms with Crippen LogP contribution in [0.5, 0.6) is 11.5 Å². The van der Waals surface area contributed by atoms with Crippen molar-refractivity contribution in [1.82, 2.24) is 0 Å². The van der Waals surface area contributed by atoms with Crippen LogP contribution in [0.2, 0.25) is 0 Å². The van der Waals surface area contributed by atoms with Crippen molar-refractivity contribution in [3.63, 3.8) is 0 Å². The molecule has 0 N–H and O–H groups in total. The Morgan fingerprint density at radius 3 is 1.86 bits per heavy atom. The third-order valence-corrected chi connectivity index (χ3v) is 7.01. The first kappa shape index (κ1) is 27.8. The maximum atomic E-state index is 12.7. The van der Waals surface area contributed by atoms with E-state index >= 15 is 0 Å². The van der Waals surface area contributed by atoms with Gasteiger partial charge in [0, 0.05) is 5.92 Å². The maximum Gasteiger partial charge on any atom is 0.330 e. The van der Waals surface area contributed by atoms with Crippen molar-refractivity contribution in [3.05, 3.63) is 84.4 Å². The van der Waals surface area contributed by atoms with Crippen molar-refractivity contribution in [3.8, 4) is 22.6 Å². The second-order valence-electron chi connectivity index (χ2n) is 9.27. The van der Waals surface area contributed by atoms with Crippen LogP contribution in [-0.4, -0.2) is 18.0 Å². The minimum atomic E-state index is -0.745. The summed E-state index contributed by atoms with van der Waals surface area (Å²) in [5, 5.41) is -0.745. The summed E-state index contributed by atoms with van der Waals surface area (Å²) in [7, 11) is 0. The predicted octanol–water partition coefficient (Wildman–Crippen LogP) is 9.19. The molecule has 3 aromatic rings. The van der Waals surface area contributed by atoms with Gasteiger partial charge in [-0.1, -0.05) is 107 Å². The van der Waals surface area contributed by atoms with Gasteiger partial charge in [-0.15, -0.1) is 11.6 Å². The van der Waals surface area contributed by atoms with Crippen molar-refractivity contribution in [2.45, 2.75) is 76.5 Å². The van der Waals surface area contributed by atoms with Crippen LogP contribution in [0.4, 0.5) is 0 Å². The van der Waals surface area contributed by atoms with E-state index in [0.717, 1.165) is 41.9 Å². The lowest BCUT2D eigenvalue weighted by atomic mass is 9.93. The Balaban J connectivity index is 1.47. The molecular weight excluding hydrogens is 468 g/mol. The molecule has 0 fully saturated rings. The van der Waals surface area contributed by atoms with Crippen LogP contribution in [-0.2, 0) is 4.79 Å². The zero-order valence-electron chi connectivity index (χ0n) is 21.6. The second kappa shape index (κ2) is 15.4. The van der Waals surface area contributed by atoms with Crippen molar-refractivity contribution < 1.29 is 14.3 Å². The summed E-state index contributed by atoms with van der Waals surface area (Å²) in [4.78, 5) is 12.7.